The van der Waals surface area contributed by atoms with Gasteiger partial charge in [-0.3, -0.25) is 9.10 Å². The third kappa shape index (κ3) is 4.48. The van der Waals surface area contributed by atoms with Crippen LogP contribution < -0.4 is 15.2 Å². The van der Waals surface area contributed by atoms with E-state index in [1.807, 2.05) is 0 Å². The van der Waals surface area contributed by atoms with Crippen LogP contribution in [0.3, 0.4) is 0 Å². The minimum atomic E-state index is -4.02. The van der Waals surface area contributed by atoms with Gasteiger partial charge in [0.25, 0.3) is 15.9 Å². The Morgan fingerprint density at radius 3 is 2.45 bits per heavy atom. The third-order valence-electron chi connectivity index (χ3n) is 5.16. The fraction of sp³-hybridized carbons (Fsp3) is 0.0833. The highest BCUT2D eigenvalue weighted by Crippen LogP contribution is 2.29. The zero-order chi connectivity index (χ0) is 23.8. The largest absolute Gasteiger partial charge is 0.423 e. The summed E-state index contributed by atoms with van der Waals surface area (Å²) >= 11 is 6.19. The van der Waals surface area contributed by atoms with Gasteiger partial charge in [0, 0.05) is 35.8 Å². The lowest BCUT2D eigenvalue weighted by Gasteiger charge is -2.20. The van der Waals surface area contributed by atoms with Crippen LogP contribution in [-0.2, 0) is 10.0 Å². The Morgan fingerprint density at radius 2 is 1.73 bits per heavy atom. The van der Waals surface area contributed by atoms with E-state index >= 15 is 0 Å². The number of amides is 1. The zero-order valence-electron chi connectivity index (χ0n) is 17.7. The predicted molar refractivity (Wildman–Crippen MR) is 129 cm³/mol. The minimum absolute atomic E-state index is 0.00251. The molecule has 0 atom stereocenters. The molecule has 168 valence electrons. The van der Waals surface area contributed by atoms with Crippen LogP contribution in [0.25, 0.3) is 11.0 Å². The molecule has 0 saturated heterocycles. The summed E-state index contributed by atoms with van der Waals surface area (Å²) in [6, 6.07) is 18.9. The number of fused-ring (bicyclic) bond motifs is 1. The van der Waals surface area contributed by atoms with Crippen LogP contribution in [0.1, 0.15) is 15.9 Å². The first-order chi connectivity index (χ1) is 15.7. The van der Waals surface area contributed by atoms with Gasteiger partial charge in [-0.1, -0.05) is 29.8 Å². The summed E-state index contributed by atoms with van der Waals surface area (Å²) in [5.41, 5.74) is 1.55. The Bertz CT molecular complexity index is 1530. The number of carbonyl (C=O) groups excluding carboxylic acids is 1. The van der Waals surface area contributed by atoms with E-state index in [2.05, 4.69) is 5.32 Å². The van der Waals surface area contributed by atoms with Gasteiger partial charge in [-0.2, -0.15) is 0 Å². The second-order valence-corrected chi connectivity index (χ2v) is 9.71. The Kier molecular flexibility index (Phi) is 5.97. The summed E-state index contributed by atoms with van der Waals surface area (Å²) in [4.78, 5) is 24.3. The van der Waals surface area contributed by atoms with Crippen molar-refractivity contribution in [2.45, 2.75) is 11.8 Å². The summed E-state index contributed by atoms with van der Waals surface area (Å²) in [6.07, 6.45) is 0. The van der Waals surface area contributed by atoms with Gasteiger partial charge in [-0.25, -0.2) is 13.2 Å². The lowest BCUT2D eigenvalue weighted by molar-refractivity contribution is 0.102. The van der Waals surface area contributed by atoms with E-state index in [1.54, 1.807) is 55.5 Å². The van der Waals surface area contributed by atoms with Gasteiger partial charge in [-0.15, -0.1) is 0 Å². The molecule has 0 radical (unpaired) electrons. The smallest absolute Gasteiger partial charge is 0.336 e. The maximum absolute atomic E-state index is 13.2. The van der Waals surface area contributed by atoms with Crippen LogP contribution in [0.5, 0.6) is 0 Å². The van der Waals surface area contributed by atoms with Crippen LogP contribution in [0, 0.1) is 6.92 Å². The van der Waals surface area contributed by atoms with Crippen molar-refractivity contribution in [1.82, 2.24) is 0 Å². The predicted octanol–water partition coefficient (Wildman–Crippen LogP) is 4.83. The molecule has 1 aromatic heterocycles. The number of hydrogen-bond donors (Lipinski definition) is 1. The van der Waals surface area contributed by atoms with Gasteiger partial charge in [0.1, 0.15) is 10.5 Å². The molecule has 1 amide bonds. The molecule has 4 aromatic rings. The van der Waals surface area contributed by atoms with Gasteiger partial charge < -0.3 is 9.73 Å². The second kappa shape index (κ2) is 8.73. The van der Waals surface area contributed by atoms with Crippen molar-refractivity contribution >= 4 is 49.9 Å². The number of carbonyl (C=O) groups is 1. The molecule has 0 spiro atoms. The molecule has 9 heteroatoms. The van der Waals surface area contributed by atoms with Gasteiger partial charge >= 0.3 is 5.63 Å². The SMILES string of the molecule is Cc1cc(=O)oc2cc(NC(=O)c3ccc(Cl)c(S(=O)(=O)N(C)c4ccccc4)c3)ccc12. The molecule has 7 nitrogen and oxygen atoms in total. The van der Waals surface area contributed by atoms with Crippen molar-refractivity contribution < 1.29 is 17.6 Å². The number of para-hydroxylation sites is 1. The summed E-state index contributed by atoms with van der Waals surface area (Å²) in [6.45, 7) is 1.79. The average molecular weight is 483 g/mol. The lowest BCUT2D eigenvalue weighted by Crippen LogP contribution is -2.27. The maximum Gasteiger partial charge on any atom is 0.336 e. The Balaban J connectivity index is 1.65. The van der Waals surface area contributed by atoms with E-state index in [0.717, 1.165) is 15.3 Å². The molecule has 33 heavy (non-hydrogen) atoms. The monoisotopic (exact) mass is 482 g/mol. The number of hydrogen-bond acceptors (Lipinski definition) is 5. The molecule has 0 unspecified atom stereocenters. The van der Waals surface area contributed by atoms with Crippen LogP contribution in [0.4, 0.5) is 11.4 Å². The first-order valence-electron chi connectivity index (χ1n) is 9.86. The molecule has 1 heterocycles. The molecule has 3 aromatic carbocycles. The molecule has 1 N–H and O–H groups in total. The highest BCUT2D eigenvalue weighted by Gasteiger charge is 2.25. The van der Waals surface area contributed by atoms with E-state index in [9.17, 15) is 18.0 Å². The Hall–Kier alpha value is -3.62. The number of benzene rings is 3. The van der Waals surface area contributed by atoms with E-state index in [-0.39, 0.29) is 15.5 Å². The van der Waals surface area contributed by atoms with Crippen LogP contribution in [0.2, 0.25) is 5.02 Å². The fourth-order valence-electron chi connectivity index (χ4n) is 3.37. The first-order valence-corrected chi connectivity index (χ1v) is 11.7. The van der Waals surface area contributed by atoms with E-state index in [4.69, 9.17) is 16.0 Å². The van der Waals surface area contributed by atoms with Crippen molar-refractivity contribution in [2.24, 2.45) is 0 Å². The number of nitrogens with one attached hydrogen (secondary N) is 1. The molecular formula is C24H19ClN2O5S. The number of halogens is 1. The van der Waals surface area contributed by atoms with E-state index < -0.39 is 21.6 Å². The van der Waals surface area contributed by atoms with Crippen LogP contribution in [0.15, 0.2) is 86.9 Å². The maximum atomic E-state index is 13.2. The second-order valence-electron chi connectivity index (χ2n) is 7.37. The number of aryl methyl sites for hydroxylation is 1. The van der Waals surface area contributed by atoms with Crippen molar-refractivity contribution in [3.63, 3.8) is 0 Å². The number of nitrogens with zero attached hydrogens (tertiary/aromatic N) is 1. The molecule has 0 saturated carbocycles. The first kappa shape index (κ1) is 22.6. The van der Waals surface area contributed by atoms with Gasteiger partial charge in [0.05, 0.1) is 10.7 Å². The molecule has 0 aliphatic rings. The number of rotatable bonds is 5. The summed E-state index contributed by atoms with van der Waals surface area (Å²) in [5.74, 6) is -0.542. The number of sulfonamides is 1. The van der Waals surface area contributed by atoms with E-state index in [1.165, 1.54) is 31.3 Å². The standard InChI is InChI=1S/C24H19ClN2O5S/c1-15-12-23(28)32-21-14-17(9-10-19(15)21)26-24(29)16-8-11-20(25)22(13-16)33(30,31)27(2)18-6-4-3-5-7-18/h3-14H,1-2H3,(H,26,29). The molecule has 4 rings (SSSR count). The fourth-order valence-corrected chi connectivity index (χ4v) is 5.07. The minimum Gasteiger partial charge on any atom is -0.423 e. The molecular weight excluding hydrogens is 464 g/mol. The highest BCUT2D eigenvalue weighted by molar-refractivity contribution is 7.93. The quantitative estimate of drug-likeness (QED) is 0.411. The normalized spacial score (nSPS) is 11.4. The summed E-state index contributed by atoms with van der Waals surface area (Å²) < 4.78 is 32.6. The van der Waals surface area contributed by atoms with Gasteiger partial charge in [0.2, 0.25) is 0 Å². The Morgan fingerprint density at radius 1 is 1.00 bits per heavy atom. The zero-order valence-corrected chi connectivity index (χ0v) is 19.3. The third-order valence-corrected chi connectivity index (χ3v) is 7.43. The average Bonchev–Trinajstić information content (AvgIpc) is 2.78. The summed E-state index contributed by atoms with van der Waals surface area (Å²) in [5, 5.41) is 3.44. The molecule has 0 aliphatic heterocycles. The molecule has 0 fully saturated rings. The van der Waals surface area contributed by atoms with Crippen molar-refractivity contribution in [3.05, 3.63) is 99.4 Å². The summed E-state index contributed by atoms with van der Waals surface area (Å²) in [7, 11) is -2.60. The highest BCUT2D eigenvalue weighted by atomic mass is 35.5. The van der Waals surface area contributed by atoms with Gasteiger partial charge in [0.15, 0.2) is 0 Å². The molecule has 0 aliphatic carbocycles. The topological polar surface area (TPSA) is 96.7 Å². The van der Waals surface area contributed by atoms with Crippen molar-refractivity contribution in [3.8, 4) is 0 Å². The molecule has 0 bridgehead atoms. The lowest BCUT2D eigenvalue weighted by atomic mass is 10.1. The van der Waals surface area contributed by atoms with E-state index in [0.29, 0.717) is 17.0 Å². The van der Waals surface area contributed by atoms with Crippen LogP contribution >= 0.6 is 11.6 Å². The van der Waals surface area contributed by atoms with Crippen molar-refractivity contribution in [2.75, 3.05) is 16.7 Å². The Labute approximate surface area is 195 Å². The van der Waals surface area contributed by atoms with Gasteiger partial charge in [-0.05, 0) is 55.0 Å². The number of anilines is 2. The van der Waals surface area contributed by atoms with Crippen molar-refractivity contribution in [1.29, 1.82) is 0 Å². The van der Waals surface area contributed by atoms with Crippen LogP contribution in [-0.4, -0.2) is 21.4 Å².